The first-order valence-electron chi connectivity index (χ1n) is 5.70. The van der Waals surface area contributed by atoms with E-state index in [1.165, 1.54) is 0 Å². The van der Waals surface area contributed by atoms with Gasteiger partial charge in [0.15, 0.2) is 0 Å². The van der Waals surface area contributed by atoms with E-state index >= 15 is 0 Å². The molecule has 2 aromatic rings. The largest absolute Gasteiger partial charge is 0.387 e. The number of halogens is 1. The standard InChI is InChI=1S/C12H15BrN2O3S/c1-15-7-10(9-4-2-3-5-11(9)15)12(16)6-14-19(17,18)8-13/h2-5,7,12,14,16H,6,8H2,1H3. The van der Waals surface area contributed by atoms with Gasteiger partial charge in [-0.3, -0.25) is 0 Å². The fourth-order valence-corrected chi connectivity index (χ4v) is 2.97. The van der Waals surface area contributed by atoms with Crippen molar-refractivity contribution in [3.63, 3.8) is 0 Å². The number of aryl methyl sites for hydroxylation is 1. The van der Waals surface area contributed by atoms with Gasteiger partial charge in [0.1, 0.15) is 4.66 Å². The highest BCUT2D eigenvalue weighted by Crippen LogP contribution is 2.25. The van der Waals surface area contributed by atoms with E-state index in [-0.39, 0.29) is 11.2 Å². The van der Waals surface area contributed by atoms with E-state index in [1.54, 1.807) is 0 Å². The quantitative estimate of drug-likeness (QED) is 0.805. The van der Waals surface area contributed by atoms with Gasteiger partial charge in [0, 0.05) is 36.3 Å². The Kier molecular flexibility index (Phi) is 4.29. The molecular weight excluding hydrogens is 332 g/mol. The number of para-hydroxylation sites is 1. The van der Waals surface area contributed by atoms with E-state index in [1.807, 2.05) is 42.1 Å². The zero-order valence-corrected chi connectivity index (χ0v) is 12.8. The summed E-state index contributed by atoms with van der Waals surface area (Å²) in [6, 6.07) is 7.67. The van der Waals surface area contributed by atoms with Crippen molar-refractivity contribution < 1.29 is 13.5 Å². The Morgan fingerprint density at radius 1 is 1.42 bits per heavy atom. The Balaban J connectivity index is 2.25. The minimum Gasteiger partial charge on any atom is -0.387 e. The molecule has 0 saturated carbocycles. The van der Waals surface area contributed by atoms with Crippen LogP contribution in [-0.2, 0) is 17.1 Å². The fraction of sp³-hybridized carbons (Fsp3) is 0.333. The third-order valence-electron chi connectivity index (χ3n) is 2.93. The molecule has 0 fully saturated rings. The SMILES string of the molecule is Cn1cc(C(O)CNS(=O)(=O)CBr)c2ccccc21. The Morgan fingerprint density at radius 3 is 2.79 bits per heavy atom. The van der Waals surface area contributed by atoms with Crippen molar-refractivity contribution in [2.75, 3.05) is 11.2 Å². The van der Waals surface area contributed by atoms with E-state index < -0.39 is 16.1 Å². The van der Waals surface area contributed by atoms with Crippen LogP contribution in [0.25, 0.3) is 10.9 Å². The van der Waals surface area contributed by atoms with Gasteiger partial charge in [0.05, 0.1) is 6.10 Å². The first-order chi connectivity index (χ1) is 8.94. The van der Waals surface area contributed by atoms with Crippen LogP contribution in [-0.4, -0.2) is 29.3 Å². The normalized spacial score (nSPS) is 13.8. The summed E-state index contributed by atoms with van der Waals surface area (Å²) in [7, 11) is -1.48. The zero-order chi connectivity index (χ0) is 14.0. The van der Waals surface area contributed by atoms with Gasteiger partial charge in [0.25, 0.3) is 0 Å². The lowest BCUT2D eigenvalue weighted by molar-refractivity contribution is 0.183. The van der Waals surface area contributed by atoms with E-state index in [9.17, 15) is 13.5 Å². The number of aliphatic hydroxyl groups is 1. The predicted molar refractivity (Wildman–Crippen MR) is 78.6 cm³/mol. The van der Waals surface area contributed by atoms with Crippen molar-refractivity contribution in [1.82, 2.24) is 9.29 Å². The van der Waals surface area contributed by atoms with Crippen LogP contribution in [0, 0.1) is 0 Å². The van der Waals surface area contributed by atoms with Gasteiger partial charge in [-0.25, -0.2) is 13.1 Å². The van der Waals surface area contributed by atoms with Crippen molar-refractivity contribution in [3.8, 4) is 0 Å². The summed E-state index contributed by atoms with van der Waals surface area (Å²) < 4.78 is 26.7. The van der Waals surface area contributed by atoms with Crippen LogP contribution in [0.5, 0.6) is 0 Å². The summed E-state index contributed by atoms with van der Waals surface area (Å²) in [5.41, 5.74) is 1.72. The fourth-order valence-electron chi connectivity index (χ4n) is 1.99. The Labute approximate surface area is 120 Å². The highest BCUT2D eigenvalue weighted by Gasteiger charge is 2.17. The molecule has 1 atom stereocenters. The monoisotopic (exact) mass is 346 g/mol. The summed E-state index contributed by atoms with van der Waals surface area (Å²) in [6.07, 6.45) is 0.942. The summed E-state index contributed by atoms with van der Waals surface area (Å²) >= 11 is 2.88. The van der Waals surface area contributed by atoms with Gasteiger partial charge in [-0.05, 0) is 6.07 Å². The zero-order valence-electron chi connectivity index (χ0n) is 10.4. The molecule has 0 bridgehead atoms. The molecule has 0 radical (unpaired) electrons. The lowest BCUT2D eigenvalue weighted by atomic mass is 10.1. The van der Waals surface area contributed by atoms with Gasteiger partial charge in [-0.15, -0.1) is 0 Å². The van der Waals surface area contributed by atoms with E-state index in [0.29, 0.717) is 0 Å². The molecule has 2 N–H and O–H groups in total. The number of rotatable bonds is 5. The molecule has 1 heterocycles. The van der Waals surface area contributed by atoms with E-state index in [2.05, 4.69) is 20.7 Å². The predicted octanol–water partition coefficient (Wildman–Crippen LogP) is 1.48. The molecule has 0 aliphatic rings. The second kappa shape index (κ2) is 5.62. The maximum Gasteiger partial charge on any atom is 0.221 e. The number of hydrogen-bond acceptors (Lipinski definition) is 3. The first-order valence-corrected chi connectivity index (χ1v) is 8.47. The molecule has 2 rings (SSSR count). The molecule has 0 spiro atoms. The minimum absolute atomic E-state index is 0.0397. The van der Waals surface area contributed by atoms with Crippen molar-refractivity contribution in [3.05, 3.63) is 36.0 Å². The van der Waals surface area contributed by atoms with Crippen LogP contribution in [0.3, 0.4) is 0 Å². The van der Waals surface area contributed by atoms with Crippen molar-refractivity contribution in [1.29, 1.82) is 0 Å². The molecular formula is C12H15BrN2O3S. The number of nitrogens with zero attached hydrogens (tertiary/aromatic N) is 1. The van der Waals surface area contributed by atoms with E-state index in [0.717, 1.165) is 16.5 Å². The second-order valence-corrected chi connectivity index (χ2v) is 7.41. The molecule has 0 saturated heterocycles. The summed E-state index contributed by atoms with van der Waals surface area (Å²) in [5, 5.41) is 11.1. The lowest BCUT2D eigenvalue weighted by Gasteiger charge is -2.10. The van der Waals surface area contributed by atoms with Crippen LogP contribution in [0.2, 0.25) is 0 Å². The second-order valence-electron chi connectivity index (χ2n) is 4.30. The molecule has 19 heavy (non-hydrogen) atoms. The molecule has 0 aliphatic carbocycles. The topological polar surface area (TPSA) is 71.3 Å². The van der Waals surface area contributed by atoms with Gasteiger partial charge >= 0.3 is 0 Å². The molecule has 7 heteroatoms. The van der Waals surface area contributed by atoms with Gasteiger partial charge in [-0.2, -0.15) is 0 Å². The molecule has 0 amide bonds. The molecule has 1 aromatic heterocycles. The van der Waals surface area contributed by atoms with Crippen molar-refractivity contribution >= 4 is 36.9 Å². The molecule has 5 nitrogen and oxygen atoms in total. The number of nitrogens with one attached hydrogen (secondary N) is 1. The maximum atomic E-state index is 11.3. The smallest absolute Gasteiger partial charge is 0.221 e. The van der Waals surface area contributed by atoms with Gasteiger partial charge in [0.2, 0.25) is 10.0 Å². The van der Waals surface area contributed by atoms with Gasteiger partial charge < -0.3 is 9.67 Å². The lowest BCUT2D eigenvalue weighted by Crippen LogP contribution is -2.29. The molecule has 104 valence electrons. The van der Waals surface area contributed by atoms with Gasteiger partial charge in [-0.1, -0.05) is 34.1 Å². The van der Waals surface area contributed by atoms with E-state index in [4.69, 9.17) is 0 Å². The number of alkyl halides is 1. The Hall–Kier alpha value is -0.890. The summed E-state index contributed by atoms with van der Waals surface area (Å²) in [6.45, 7) is -0.0397. The number of aliphatic hydroxyl groups excluding tert-OH is 1. The van der Waals surface area contributed by atoms with Crippen molar-refractivity contribution in [2.24, 2.45) is 7.05 Å². The first kappa shape index (κ1) is 14.5. The number of fused-ring (bicyclic) bond motifs is 1. The summed E-state index contributed by atoms with van der Waals surface area (Å²) in [4.78, 5) is 0. The number of sulfonamides is 1. The van der Waals surface area contributed by atoms with Crippen LogP contribution in [0.1, 0.15) is 11.7 Å². The average Bonchev–Trinajstić information content (AvgIpc) is 2.74. The highest BCUT2D eigenvalue weighted by atomic mass is 79.9. The Bertz CT molecular complexity index is 681. The third-order valence-corrected chi connectivity index (χ3v) is 5.63. The van der Waals surface area contributed by atoms with Crippen molar-refractivity contribution in [2.45, 2.75) is 6.10 Å². The highest BCUT2D eigenvalue weighted by molar-refractivity contribution is 9.10. The maximum absolute atomic E-state index is 11.3. The number of hydrogen-bond donors (Lipinski definition) is 2. The van der Waals surface area contributed by atoms with Crippen LogP contribution >= 0.6 is 15.9 Å². The molecule has 1 unspecified atom stereocenters. The van der Waals surface area contributed by atoms with Crippen LogP contribution in [0.15, 0.2) is 30.5 Å². The third kappa shape index (κ3) is 3.17. The number of aromatic nitrogens is 1. The minimum atomic E-state index is -3.37. The summed E-state index contributed by atoms with van der Waals surface area (Å²) in [5.74, 6) is 0. The average molecular weight is 347 g/mol. The van der Waals surface area contributed by atoms with Crippen LogP contribution < -0.4 is 4.72 Å². The number of benzene rings is 1. The van der Waals surface area contributed by atoms with Crippen LogP contribution in [0.4, 0.5) is 0 Å². The Morgan fingerprint density at radius 2 is 2.11 bits per heavy atom. The molecule has 0 aliphatic heterocycles. The molecule has 1 aromatic carbocycles.